The normalized spacial score (nSPS) is 10.9. The third kappa shape index (κ3) is 5.48. The van der Waals surface area contributed by atoms with E-state index in [0.717, 1.165) is 28.0 Å². The highest BCUT2D eigenvalue weighted by Gasteiger charge is 2.09. The second kappa shape index (κ2) is 9.89. The Hall–Kier alpha value is -3.67. The first kappa shape index (κ1) is 20.6. The molecule has 0 atom stereocenters. The standard InChI is InChI=1S/C25H25N3O3/c1-18-8-10-19(11-9-18)22-17-28-24(31-22)13-12-23(29)26-15-4-16-30-21-7-2-5-20-6-3-14-27-25(20)21/h2-3,5-11,14,17H,4,12-13,15-16H2,1H3,(H,26,29). The monoisotopic (exact) mass is 415 g/mol. The Morgan fingerprint density at radius 2 is 1.90 bits per heavy atom. The van der Waals surface area contributed by atoms with E-state index in [1.54, 1.807) is 12.4 Å². The summed E-state index contributed by atoms with van der Waals surface area (Å²) >= 11 is 0. The van der Waals surface area contributed by atoms with Crippen LogP contribution in [0.5, 0.6) is 5.75 Å². The van der Waals surface area contributed by atoms with Gasteiger partial charge in [-0.1, -0.05) is 48.0 Å². The summed E-state index contributed by atoms with van der Waals surface area (Å²) in [5.41, 5.74) is 3.03. The predicted octanol–water partition coefficient (Wildman–Crippen LogP) is 4.72. The maximum atomic E-state index is 12.1. The van der Waals surface area contributed by atoms with E-state index < -0.39 is 0 Å². The fraction of sp³-hybridized carbons (Fsp3) is 0.240. The number of oxazole rings is 1. The molecular formula is C25H25N3O3. The molecule has 6 heteroatoms. The van der Waals surface area contributed by atoms with Crippen molar-refractivity contribution in [3.63, 3.8) is 0 Å². The average molecular weight is 415 g/mol. The molecule has 0 aliphatic heterocycles. The fourth-order valence-corrected chi connectivity index (χ4v) is 3.26. The Morgan fingerprint density at radius 3 is 2.77 bits per heavy atom. The molecule has 0 aliphatic carbocycles. The van der Waals surface area contributed by atoms with Crippen molar-refractivity contribution in [3.8, 4) is 17.1 Å². The van der Waals surface area contributed by atoms with Gasteiger partial charge in [0, 0.05) is 36.5 Å². The molecule has 0 spiro atoms. The van der Waals surface area contributed by atoms with E-state index >= 15 is 0 Å². The molecule has 0 radical (unpaired) electrons. The number of carbonyl (C=O) groups excluding carboxylic acids is 1. The van der Waals surface area contributed by atoms with Crippen LogP contribution in [0.2, 0.25) is 0 Å². The van der Waals surface area contributed by atoms with Gasteiger partial charge in [-0.25, -0.2) is 4.98 Å². The van der Waals surface area contributed by atoms with Gasteiger partial charge in [0.05, 0.1) is 12.8 Å². The number of amides is 1. The van der Waals surface area contributed by atoms with Gasteiger partial charge in [-0.15, -0.1) is 0 Å². The van der Waals surface area contributed by atoms with E-state index in [1.807, 2.05) is 61.5 Å². The summed E-state index contributed by atoms with van der Waals surface area (Å²) in [5, 5.41) is 3.96. The lowest BCUT2D eigenvalue weighted by Crippen LogP contribution is -2.25. The summed E-state index contributed by atoms with van der Waals surface area (Å²) in [6.45, 7) is 3.11. The minimum absolute atomic E-state index is 0.0260. The third-order valence-corrected chi connectivity index (χ3v) is 4.95. The van der Waals surface area contributed by atoms with E-state index in [-0.39, 0.29) is 5.91 Å². The molecule has 0 saturated heterocycles. The third-order valence-electron chi connectivity index (χ3n) is 4.95. The molecule has 1 amide bonds. The summed E-state index contributed by atoms with van der Waals surface area (Å²) in [5.74, 6) is 2.02. The number of benzene rings is 2. The number of rotatable bonds is 9. The van der Waals surface area contributed by atoms with Gasteiger partial charge < -0.3 is 14.5 Å². The molecule has 4 aromatic rings. The zero-order valence-corrected chi connectivity index (χ0v) is 17.5. The first-order chi connectivity index (χ1) is 15.2. The van der Waals surface area contributed by atoms with Crippen LogP contribution in [0.3, 0.4) is 0 Å². The average Bonchev–Trinajstić information content (AvgIpc) is 3.27. The van der Waals surface area contributed by atoms with Crippen molar-refractivity contribution in [3.05, 3.63) is 78.4 Å². The molecule has 6 nitrogen and oxygen atoms in total. The summed E-state index contributed by atoms with van der Waals surface area (Å²) in [4.78, 5) is 20.8. The van der Waals surface area contributed by atoms with Crippen LogP contribution < -0.4 is 10.1 Å². The topological polar surface area (TPSA) is 77.2 Å². The minimum atomic E-state index is -0.0260. The highest BCUT2D eigenvalue weighted by molar-refractivity contribution is 5.84. The molecule has 2 aromatic carbocycles. The van der Waals surface area contributed by atoms with Gasteiger partial charge in [0.25, 0.3) is 0 Å². The Balaban J connectivity index is 1.17. The summed E-state index contributed by atoms with van der Waals surface area (Å²) < 4.78 is 11.6. The minimum Gasteiger partial charge on any atom is -0.491 e. The number of hydrogen-bond acceptors (Lipinski definition) is 5. The largest absolute Gasteiger partial charge is 0.491 e. The predicted molar refractivity (Wildman–Crippen MR) is 120 cm³/mol. The van der Waals surface area contributed by atoms with Crippen molar-refractivity contribution in [1.29, 1.82) is 0 Å². The van der Waals surface area contributed by atoms with Crippen molar-refractivity contribution in [2.24, 2.45) is 0 Å². The van der Waals surface area contributed by atoms with Crippen LogP contribution >= 0.6 is 0 Å². The van der Waals surface area contributed by atoms with E-state index in [9.17, 15) is 4.79 Å². The van der Waals surface area contributed by atoms with E-state index in [1.165, 1.54) is 5.56 Å². The number of carbonyl (C=O) groups is 1. The van der Waals surface area contributed by atoms with Crippen molar-refractivity contribution in [2.45, 2.75) is 26.2 Å². The van der Waals surface area contributed by atoms with E-state index in [0.29, 0.717) is 38.3 Å². The Morgan fingerprint density at radius 1 is 1.06 bits per heavy atom. The summed E-state index contributed by atoms with van der Waals surface area (Å²) in [7, 11) is 0. The first-order valence-corrected chi connectivity index (χ1v) is 10.4. The van der Waals surface area contributed by atoms with Crippen LogP contribution in [0, 0.1) is 6.92 Å². The molecule has 2 heterocycles. The van der Waals surface area contributed by atoms with Crippen molar-refractivity contribution in [1.82, 2.24) is 15.3 Å². The summed E-state index contributed by atoms with van der Waals surface area (Å²) in [6.07, 6.45) is 4.98. The maximum Gasteiger partial charge on any atom is 0.220 e. The Bertz CT molecular complexity index is 1150. The van der Waals surface area contributed by atoms with Gasteiger partial charge in [-0.2, -0.15) is 0 Å². The number of pyridine rings is 1. The van der Waals surface area contributed by atoms with Crippen LogP contribution in [0.15, 0.2) is 71.4 Å². The van der Waals surface area contributed by atoms with Crippen LogP contribution in [0.4, 0.5) is 0 Å². The second-order valence-corrected chi connectivity index (χ2v) is 7.37. The lowest BCUT2D eigenvalue weighted by atomic mass is 10.1. The van der Waals surface area contributed by atoms with Crippen molar-refractivity contribution >= 4 is 16.8 Å². The molecule has 0 unspecified atom stereocenters. The molecule has 1 N–H and O–H groups in total. The molecule has 4 rings (SSSR count). The van der Waals surface area contributed by atoms with Gasteiger partial charge in [-0.05, 0) is 25.5 Å². The highest BCUT2D eigenvalue weighted by Crippen LogP contribution is 2.23. The van der Waals surface area contributed by atoms with Crippen LogP contribution in [-0.4, -0.2) is 29.0 Å². The zero-order valence-electron chi connectivity index (χ0n) is 17.5. The van der Waals surface area contributed by atoms with Gasteiger partial charge in [0.2, 0.25) is 5.91 Å². The molecule has 2 aromatic heterocycles. The van der Waals surface area contributed by atoms with Crippen LogP contribution in [0.25, 0.3) is 22.2 Å². The number of nitrogens with one attached hydrogen (secondary N) is 1. The zero-order chi connectivity index (χ0) is 21.5. The SMILES string of the molecule is Cc1ccc(-c2cnc(CCC(=O)NCCCOc3cccc4cccnc34)o2)cc1. The van der Waals surface area contributed by atoms with Gasteiger partial charge in [0.15, 0.2) is 11.7 Å². The highest BCUT2D eigenvalue weighted by atomic mass is 16.5. The number of fused-ring (bicyclic) bond motifs is 1. The van der Waals surface area contributed by atoms with Crippen LogP contribution in [-0.2, 0) is 11.2 Å². The number of nitrogens with zero attached hydrogens (tertiary/aromatic N) is 2. The molecule has 158 valence electrons. The molecule has 0 saturated carbocycles. The molecule has 0 fully saturated rings. The molecular weight excluding hydrogens is 390 g/mol. The number of aromatic nitrogens is 2. The first-order valence-electron chi connectivity index (χ1n) is 10.4. The van der Waals surface area contributed by atoms with E-state index in [4.69, 9.17) is 9.15 Å². The summed E-state index contributed by atoms with van der Waals surface area (Å²) in [6, 6.07) is 17.9. The number of aryl methyl sites for hydroxylation is 2. The Labute approximate surface area is 181 Å². The maximum absolute atomic E-state index is 12.1. The molecule has 0 aliphatic rings. The van der Waals surface area contributed by atoms with Crippen LogP contribution in [0.1, 0.15) is 24.3 Å². The van der Waals surface area contributed by atoms with Gasteiger partial charge in [0.1, 0.15) is 11.3 Å². The van der Waals surface area contributed by atoms with Gasteiger partial charge in [-0.3, -0.25) is 9.78 Å². The quantitative estimate of drug-likeness (QED) is 0.400. The fourth-order valence-electron chi connectivity index (χ4n) is 3.26. The lowest BCUT2D eigenvalue weighted by Gasteiger charge is -2.09. The van der Waals surface area contributed by atoms with Gasteiger partial charge >= 0.3 is 0 Å². The smallest absolute Gasteiger partial charge is 0.220 e. The van der Waals surface area contributed by atoms with E-state index in [2.05, 4.69) is 15.3 Å². The van der Waals surface area contributed by atoms with Crippen molar-refractivity contribution < 1.29 is 13.9 Å². The number of para-hydroxylation sites is 1. The lowest BCUT2D eigenvalue weighted by molar-refractivity contribution is -0.121. The molecule has 0 bridgehead atoms. The number of hydrogen-bond donors (Lipinski definition) is 1. The second-order valence-electron chi connectivity index (χ2n) is 7.37. The Kier molecular flexibility index (Phi) is 6.57. The number of ether oxygens (including phenoxy) is 1. The van der Waals surface area contributed by atoms with Crippen molar-refractivity contribution in [2.75, 3.05) is 13.2 Å². The molecule has 31 heavy (non-hydrogen) atoms.